The van der Waals surface area contributed by atoms with Crippen LogP contribution in [0, 0.1) is 5.92 Å². The Morgan fingerprint density at radius 2 is 2.06 bits per heavy atom. The SMILES string of the molecule is COC(=O)C1C(C)CCN1[C@@H](C)c1ccccc1. The molecule has 1 aromatic carbocycles. The van der Waals surface area contributed by atoms with Crippen molar-refractivity contribution in [2.24, 2.45) is 5.92 Å². The third kappa shape index (κ3) is 2.41. The molecule has 0 radical (unpaired) electrons. The molecule has 0 N–H and O–H groups in total. The van der Waals surface area contributed by atoms with E-state index in [1.54, 1.807) is 0 Å². The van der Waals surface area contributed by atoms with Gasteiger partial charge in [-0.2, -0.15) is 0 Å². The van der Waals surface area contributed by atoms with Crippen molar-refractivity contribution in [3.8, 4) is 0 Å². The Hall–Kier alpha value is -1.35. The van der Waals surface area contributed by atoms with Crippen LogP contribution in [0.2, 0.25) is 0 Å². The highest BCUT2D eigenvalue weighted by Crippen LogP contribution is 2.32. The van der Waals surface area contributed by atoms with Crippen molar-refractivity contribution < 1.29 is 9.53 Å². The Labute approximate surface area is 109 Å². The van der Waals surface area contributed by atoms with Gasteiger partial charge in [0.25, 0.3) is 0 Å². The molecule has 0 amide bonds. The van der Waals surface area contributed by atoms with Crippen molar-refractivity contribution in [1.82, 2.24) is 4.90 Å². The van der Waals surface area contributed by atoms with Crippen molar-refractivity contribution in [1.29, 1.82) is 0 Å². The van der Waals surface area contributed by atoms with E-state index in [4.69, 9.17) is 4.74 Å². The molecule has 3 heteroatoms. The van der Waals surface area contributed by atoms with Gasteiger partial charge in [-0.05, 0) is 31.4 Å². The summed E-state index contributed by atoms with van der Waals surface area (Å²) in [6, 6.07) is 10.5. The van der Waals surface area contributed by atoms with Crippen LogP contribution in [0.3, 0.4) is 0 Å². The normalized spacial score (nSPS) is 25.9. The fourth-order valence-corrected chi connectivity index (χ4v) is 2.82. The van der Waals surface area contributed by atoms with Crippen molar-refractivity contribution in [2.75, 3.05) is 13.7 Å². The van der Waals surface area contributed by atoms with E-state index in [-0.39, 0.29) is 18.1 Å². The molecule has 1 aliphatic heterocycles. The third-order valence-corrected chi connectivity index (χ3v) is 3.96. The van der Waals surface area contributed by atoms with Crippen LogP contribution in [0.1, 0.15) is 31.9 Å². The minimum Gasteiger partial charge on any atom is -0.468 e. The molecule has 1 aromatic rings. The average Bonchev–Trinajstić information content (AvgIpc) is 2.80. The van der Waals surface area contributed by atoms with Gasteiger partial charge in [-0.3, -0.25) is 9.69 Å². The molecule has 2 unspecified atom stereocenters. The van der Waals surface area contributed by atoms with Crippen molar-refractivity contribution in [2.45, 2.75) is 32.4 Å². The van der Waals surface area contributed by atoms with Gasteiger partial charge in [0.15, 0.2) is 0 Å². The molecule has 1 saturated heterocycles. The minimum atomic E-state index is -0.109. The molecule has 98 valence electrons. The Morgan fingerprint density at radius 1 is 1.39 bits per heavy atom. The number of nitrogens with zero attached hydrogens (tertiary/aromatic N) is 1. The van der Waals surface area contributed by atoms with Gasteiger partial charge in [0.2, 0.25) is 0 Å². The molecule has 1 fully saturated rings. The fourth-order valence-electron chi connectivity index (χ4n) is 2.82. The standard InChI is InChI=1S/C15H21NO2/c1-11-9-10-16(14(11)15(17)18-3)12(2)13-7-5-4-6-8-13/h4-8,11-12,14H,9-10H2,1-3H3/t11?,12-,14?/m0/s1. The Morgan fingerprint density at radius 3 is 2.67 bits per heavy atom. The van der Waals surface area contributed by atoms with Crippen LogP contribution < -0.4 is 0 Å². The van der Waals surface area contributed by atoms with Gasteiger partial charge in [-0.15, -0.1) is 0 Å². The number of benzene rings is 1. The molecule has 1 aliphatic rings. The zero-order valence-electron chi connectivity index (χ0n) is 11.3. The maximum Gasteiger partial charge on any atom is 0.323 e. The number of hydrogen-bond donors (Lipinski definition) is 0. The highest BCUT2D eigenvalue weighted by atomic mass is 16.5. The molecule has 0 bridgehead atoms. The molecule has 18 heavy (non-hydrogen) atoms. The van der Waals surface area contributed by atoms with Crippen LogP contribution in [-0.4, -0.2) is 30.6 Å². The lowest BCUT2D eigenvalue weighted by Gasteiger charge is -2.30. The molecule has 0 aliphatic carbocycles. The van der Waals surface area contributed by atoms with Crippen LogP contribution >= 0.6 is 0 Å². The zero-order valence-corrected chi connectivity index (χ0v) is 11.3. The number of esters is 1. The second kappa shape index (κ2) is 5.53. The molecule has 2 rings (SSSR count). The molecule has 0 spiro atoms. The van der Waals surface area contributed by atoms with Gasteiger partial charge in [-0.1, -0.05) is 37.3 Å². The van der Waals surface area contributed by atoms with E-state index in [0.717, 1.165) is 13.0 Å². The molecule has 3 atom stereocenters. The van der Waals surface area contributed by atoms with Gasteiger partial charge in [-0.25, -0.2) is 0 Å². The number of hydrogen-bond acceptors (Lipinski definition) is 3. The van der Waals surface area contributed by atoms with E-state index >= 15 is 0 Å². The van der Waals surface area contributed by atoms with E-state index in [2.05, 4.69) is 30.9 Å². The molecule has 1 heterocycles. The summed E-state index contributed by atoms with van der Waals surface area (Å²) in [5.74, 6) is 0.256. The number of carbonyl (C=O) groups is 1. The summed E-state index contributed by atoms with van der Waals surface area (Å²) in [6.07, 6.45) is 1.05. The summed E-state index contributed by atoms with van der Waals surface area (Å²) < 4.78 is 4.94. The van der Waals surface area contributed by atoms with Crippen LogP contribution in [0.5, 0.6) is 0 Å². The molecule has 0 saturated carbocycles. The Bertz CT molecular complexity index is 404. The first kappa shape index (κ1) is 13.1. The van der Waals surface area contributed by atoms with Crippen molar-refractivity contribution in [3.05, 3.63) is 35.9 Å². The number of methoxy groups -OCH3 is 1. The van der Waals surface area contributed by atoms with Crippen LogP contribution in [0.4, 0.5) is 0 Å². The number of likely N-dealkylation sites (tertiary alicyclic amines) is 1. The Balaban J connectivity index is 2.19. The van der Waals surface area contributed by atoms with Gasteiger partial charge in [0.05, 0.1) is 7.11 Å². The maximum atomic E-state index is 11.9. The second-order valence-corrected chi connectivity index (χ2v) is 5.06. The van der Waals surface area contributed by atoms with Gasteiger partial charge in [0.1, 0.15) is 6.04 Å². The lowest BCUT2D eigenvalue weighted by Crippen LogP contribution is -2.41. The lowest BCUT2D eigenvalue weighted by atomic mass is 10.0. The molecule has 3 nitrogen and oxygen atoms in total. The van der Waals surface area contributed by atoms with Gasteiger partial charge >= 0.3 is 5.97 Å². The van der Waals surface area contributed by atoms with Crippen LogP contribution in [0.25, 0.3) is 0 Å². The summed E-state index contributed by atoms with van der Waals surface area (Å²) in [4.78, 5) is 14.2. The predicted molar refractivity (Wildman–Crippen MR) is 71.1 cm³/mol. The summed E-state index contributed by atoms with van der Waals surface area (Å²) in [5, 5.41) is 0. The highest BCUT2D eigenvalue weighted by molar-refractivity contribution is 5.76. The van der Waals surface area contributed by atoms with E-state index in [1.807, 2.05) is 18.2 Å². The van der Waals surface area contributed by atoms with Crippen LogP contribution in [0.15, 0.2) is 30.3 Å². The number of carbonyl (C=O) groups excluding carboxylic acids is 1. The van der Waals surface area contributed by atoms with Crippen molar-refractivity contribution >= 4 is 5.97 Å². The first-order valence-corrected chi connectivity index (χ1v) is 6.53. The smallest absolute Gasteiger partial charge is 0.323 e. The third-order valence-electron chi connectivity index (χ3n) is 3.96. The molecular weight excluding hydrogens is 226 g/mol. The van der Waals surface area contributed by atoms with E-state index in [1.165, 1.54) is 12.7 Å². The van der Waals surface area contributed by atoms with Crippen LogP contribution in [-0.2, 0) is 9.53 Å². The summed E-state index contributed by atoms with van der Waals surface area (Å²) in [6.45, 7) is 5.24. The highest BCUT2D eigenvalue weighted by Gasteiger charge is 2.39. The van der Waals surface area contributed by atoms with Gasteiger partial charge in [0, 0.05) is 6.04 Å². The fraction of sp³-hybridized carbons (Fsp3) is 0.533. The van der Waals surface area contributed by atoms with Crippen molar-refractivity contribution in [3.63, 3.8) is 0 Å². The quantitative estimate of drug-likeness (QED) is 0.769. The zero-order chi connectivity index (χ0) is 13.1. The van der Waals surface area contributed by atoms with E-state index in [9.17, 15) is 4.79 Å². The van der Waals surface area contributed by atoms with E-state index in [0.29, 0.717) is 5.92 Å². The predicted octanol–water partition coefficient (Wildman–Crippen LogP) is 2.63. The van der Waals surface area contributed by atoms with Gasteiger partial charge < -0.3 is 4.74 Å². The monoisotopic (exact) mass is 247 g/mol. The first-order valence-electron chi connectivity index (χ1n) is 6.53. The first-order chi connectivity index (χ1) is 8.65. The molecular formula is C15H21NO2. The summed E-state index contributed by atoms with van der Waals surface area (Å²) >= 11 is 0. The largest absolute Gasteiger partial charge is 0.468 e. The van der Waals surface area contributed by atoms with E-state index < -0.39 is 0 Å². The maximum absolute atomic E-state index is 11.9. The molecule has 0 aromatic heterocycles. The number of ether oxygens (including phenoxy) is 1. The minimum absolute atomic E-state index is 0.106. The second-order valence-electron chi connectivity index (χ2n) is 5.06. The topological polar surface area (TPSA) is 29.5 Å². The summed E-state index contributed by atoms with van der Waals surface area (Å²) in [7, 11) is 1.47. The average molecular weight is 247 g/mol. The summed E-state index contributed by atoms with van der Waals surface area (Å²) in [5.41, 5.74) is 1.25. The number of rotatable bonds is 3. The Kier molecular flexibility index (Phi) is 4.02. The lowest BCUT2D eigenvalue weighted by molar-refractivity contribution is -0.147.